The van der Waals surface area contributed by atoms with Crippen LogP contribution in [0, 0.1) is 0 Å². The smallest absolute Gasteiger partial charge is 0.330 e. The van der Waals surface area contributed by atoms with Gasteiger partial charge in [0, 0.05) is 6.54 Å². The first kappa shape index (κ1) is 13.6. The summed E-state index contributed by atoms with van der Waals surface area (Å²) in [7, 11) is 0. The molecule has 0 fully saturated rings. The molecule has 0 aliphatic rings. The van der Waals surface area contributed by atoms with Crippen LogP contribution in [0.4, 0.5) is 4.39 Å². The van der Waals surface area contributed by atoms with E-state index in [1.54, 1.807) is 6.92 Å². The Labute approximate surface area is 87.7 Å². The average Bonchev–Trinajstić information content (AvgIpc) is 2.11. The molecule has 0 aromatic carbocycles. The number of nitrogens with two attached hydrogens (primary N) is 2. The number of carbonyl (C=O) groups is 1. The second kappa shape index (κ2) is 5.45. The lowest BCUT2D eigenvalue weighted by molar-refractivity contribution is -0.141. The van der Waals surface area contributed by atoms with Crippen LogP contribution in [-0.2, 0) is 4.79 Å². The number of amidine groups is 1. The number of rotatable bonds is 5. The number of carboxylic acids is 1. The second-order valence-corrected chi connectivity index (χ2v) is 3.37. The lowest BCUT2D eigenvalue weighted by atomic mass is 10.0. The fourth-order valence-electron chi connectivity index (χ4n) is 0.746. The third-order valence-corrected chi connectivity index (χ3v) is 1.75. The Hall–Kier alpha value is -1.43. The summed E-state index contributed by atoms with van der Waals surface area (Å²) in [5.74, 6) is -1.88. The molecule has 0 rings (SSSR count). The SMILES string of the molecule is CC(N)=NCC/C=C(\F)[C@@](C)(N)C(=O)O. The maximum absolute atomic E-state index is 13.2. The molecule has 0 aromatic heterocycles. The highest BCUT2D eigenvalue weighted by Gasteiger charge is 2.33. The van der Waals surface area contributed by atoms with Crippen molar-refractivity contribution in [3.05, 3.63) is 11.9 Å². The summed E-state index contributed by atoms with van der Waals surface area (Å²) >= 11 is 0. The van der Waals surface area contributed by atoms with Gasteiger partial charge in [0.2, 0.25) is 0 Å². The molecule has 0 aromatic rings. The van der Waals surface area contributed by atoms with Gasteiger partial charge in [0.25, 0.3) is 0 Å². The van der Waals surface area contributed by atoms with Gasteiger partial charge in [-0.15, -0.1) is 0 Å². The van der Waals surface area contributed by atoms with Crippen molar-refractivity contribution in [2.45, 2.75) is 25.8 Å². The highest BCUT2D eigenvalue weighted by molar-refractivity contribution is 5.81. The van der Waals surface area contributed by atoms with Gasteiger partial charge < -0.3 is 16.6 Å². The maximum atomic E-state index is 13.2. The van der Waals surface area contributed by atoms with Crippen molar-refractivity contribution in [3.63, 3.8) is 0 Å². The summed E-state index contributed by atoms with van der Waals surface area (Å²) in [6, 6.07) is 0. The summed E-state index contributed by atoms with van der Waals surface area (Å²) in [6.07, 6.45) is 1.38. The van der Waals surface area contributed by atoms with E-state index in [-0.39, 0.29) is 6.42 Å². The monoisotopic (exact) mass is 217 g/mol. The molecule has 0 saturated carbocycles. The predicted molar refractivity (Wildman–Crippen MR) is 56.2 cm³/mol. The lowest BCUT2D eigenvalue weighted by Crippen LogP contribution is -2.45. The minimum Gasteiger partial charge on any atom is -0.480 e. The van der Waals surface area contributed by atoms with Gasteiger partial charge in [0.1, 0.15) is 5.83 Å². The molecule has 5 N–H and O–H groups in total. The first-order valence-corrected chi connectivity index (χ1v) is 4.43. The minimum atomic E-state index is -1.97. The van der Waals surface area contributed by atoms with Crippen molar-refractivity contribution in [2.75, 3.05) is 6.54 Å². The molecule has 0 heterocycles. The van der Waals surface area contributed by atoms with Crippen molar-refractivity contribution in [2.24, 2.45) is 16.5 Å². The summed E-state index contributed by atoms with van der Waals surface area (Å²) in [5.41, 5.74) is 8.53. The van der Waals surface area contributed by atoms with E-state index >= 15 is 0 Å². The van der Waals surface area contributed by atoms with Crippen LogP contribution in [-0.4, -0.2) is 29.0 Å². The molecule has 0 amide bonds. The Morgan fingerprint density at radius 1 is 1.67 bits per heavy atom. The summed E-state index contributed by atoms with van der Waals surface area (Å²) < 4.78 is 13.2. The van der Waals surface area contributed by atoms with Crippen LogP contribution >= 0.6 is 0 Å². The Balaban J connectivity index is 4.33. The van der Waals surface area contributed by atoms with Crippen LogP contribution in [0.25, 0.3) is 0 Å². The Morgan fingerprint density at radius 3 is 2.60 bits per heavy atom. The van der Waals surface area contributed by atoms with Crippen molar-refractivity contribution in [1.82, 2.24) is 0 Å². The Morgan fingerprint density at radius 2 is 2.20 bits per heavy atom. The van der Waals surface area contributed by atoms with Gasteiger partial charge in [0.05, 0.1) is 5.84 Å². The van der Waals surface area contributed by atoms with E-state index in [2.05, 4.69) is 4.99 Å². The highest BCUT2D eigenvalue weighted by atomic mass is 19.1. The molecule has 0 aliphatic heterocycles. The van der Waals surface area contributed by atoms with Crippen molar-refractivity contribution in [1.29, 1.82) is 0 Å². The molecule has 0 radical (unpaired) electrons. The number of hydrogen-bond acceptors (Lipinski definition) is 3. The van der Waals surface area contributed by atoms with E-state index < -0.39 is 17.3 Å². The zero-order valence-corrected chi connectivity index (χ0v) is 8.83. The Kier molecular flexibility index (Phi) is 4.93. The molecule has 15 heavy (non-hydrogen) atoms. The number of halogens is 1. The molecular formula is C9H16FN3O2. The quantitative estimate of drug-likeness (QED) is 0.352. The first-order valence-electron chi connectivity index (χ1n) is 4.43. The van der Waals surface area contributed by atoms with Gasteiger partial charge >= 0.3 is 5.97 Å². The third-order valence-electron chi connectivity index (χ3n) is 1.75. The van der Waals surface area contributed by atoms with Gasteiger partial charge in [-0.25, -0.2) is 9.18 Å². The highest BCUT2D eigenvalue weighted by Crippen LogP contribution is 2.15. The van der Waals surface area contributed by atoms with Crippen LogP contribution < -0.4 is 11.5 Å². The number of aliphatic imine (C=N–C) groups is 1. The number of carboxylic acid groups (broad SMARTS) is 1. The van der Waals surface area contributed by atoms with Gasteiger partial charge in [0.15, 0.2) is 5.54 Å². The Bertz CT molecular complexity index is 294. The normalized spacial score (nSPS) is 17.3. The van der Waals surface area contributed by atoms with E-state index in [1.807, 2.05) is 0 Å². The van der Waals surface area contributed by atoms with Crippen LogP contribution in [0.15, 0.2) is 16.9 Å². The van der Waals surface area contributed by atoms with Gasteiger partial charge in [-0.05, 0) is 26.3 Å². The van der Waals surface area contributed by atoms with E-state index in [9.17, 15) is 9.18 Å². The number of nitrogens with zero attached hydrogens (tertiary/aromatic N) is 1. The molecule has 0 unspecified atom stereocenters. The number of hydrogen-bond donors (Lipinski definition) is 3. The van der Waals surface area contributed by atoms with E-state index in [0.717, 1.165) is 13.0 Å². The fourth-order valence-corrected chi connectivity index (χ4v) is 0.746. The lowest BCUT2D eigenvalue weighted by Gasteiger charge is -2.16. The van der Waals surface area contributed by atoms with Crippen LogP contribution in [0.5, 0.6) is 0 Å². The maximum Gasteiger partial charge on any atom is 0.330 e. The van der Waals surface area contributed by atoms with Crippen molar-refractivity contribution >= 4 is 11.8 Å². The van der Waals surface area contributed by atoms with Gasteiger partial charge in [-0.2, -0.15) is 0 Å². The molecule has 6 heteroatoms. The predicted octanol–water partition coefficient (Wildman–Crippen LogP) is 0.409. The molecule has 0 spiro atoms. The van der Waals surface area contributed by atoms with E-state index in [4.69, 9.17) is 16.6 Å². The zero-order valence-electron chi connectivity index (χ0n) is 8.83. The van der Waals surface area contributed by atoms with Gasteiger partial charge in [-0.1, -0.05) is 0 Å². The second-order valence-electron chi connectivity index (χ2n) is 3.37. The molecule has 0 bridgehead atoms. The third kappa shape index (κ3) is 4.55. The summed E-state index contributed by atoms with van der Waals surface area (Å²) in [5, 5.41) is 8.60. The fraction of sp³-hybridized carbons (Fsp3) is 0.556. The summed E-state index contributed by atoms with van der Waals surface area (Å²) in [4.78, 5) is 14.4. The zero-order chi connectivity index (χ0) is 12.1. The molecule has 0 saturated heterocycles. The van der Waals surface area contributed by atoms with Crippen LogP contribution in [0.3, 0.4) is 0 Å². The van der Waals surface area contributed by atoms with Gasteiger partial charge in [-0.3, -0.25) is 4.99 Å². The molecule has 1 atom stereocenters. The van der Waals surface area contributed by atoms with E-state index in [0.29, 0.717) is 12.4 Å². The minimum absolute atomic E-state index is 0.264. The van der Waals surface area contributed by atoms with Crippen LogP contribution in [0.1, 0.15) is 20.3 Å². The molecule has 5 nitrogen and oxygen atoms in total. The van der Waals surface area contributed by atoms with Crippen molar-refractivity contribution < 1.29 is 14.3 Å². The average molecular weight is 217 g/mol. The molecule has 0 aliphatic carbocycles. The summed E-state index contributed by atoms with van der Waals surface area (Å²) in [6.45, 7) is 3.02. The largest absolute Gasteiger partial charge is 0.480 e. The topological polar surface area (TPSA) is 102 Å². The number of aliphatic carboxylic acids is 1. The molecular weight excluding hydrogens is 201 g/mol. The van der Waals surface area contributed by atoms with E-state index in [1.165, 1.54) is 0 Å². The standard InChI is InChI=1S/C9H16FN3O2/c1-6(11)13-5-3-4-7(10)9(2,12)8(14)15/h4H,3,5,12H2,1-2H3,(H2,11,13)(H,14,15)/b7-4-/t9-/m1/s1. The van der Waals surface area contributed by atoms with Crippen LogP contribution in [0.2, 0.25) is 0 Å². The molecule has 86 valence electrons. The first-order chi connectivity index (χ1) is 6.78. The van der Waals surface area contributed by atoms with Crippen molar-refractivity contribution in [3.8, 4) is 0 Å².